The molecular formula is C51H67N10O9P. The molecule has 6 fully saturated rings. The normalized spacial score (nSPS) is 25.5. The molecule has 0 radical (unpaired) electrons. The molecule has 4 saturated carbocycles. The fraction of sp³-hybridized carbons (Fsp3) is 0.569. The highest BCUT2D eigenvalue weighted by molar-refractivity contribution is 7.46. The molecule has 4 aliphatic carbocycles. The van der Waals surface area contributed by atoms with Crippen molar-refractivity contribution in [3.63, 3.8) is 0 Å². The van der Waals surface area contributed by atoms with Crippen LogP contribution in [-0.4, -0.2) is 113 Å². The Morgan fingerprint density at radius 1 is 0.676 bits per heavy atom. The minimum absolute atomic E-state index is 0.00515. The van der Waals surface area contributed by atoms with Gasteiger partial charge in [-0.25, -0.2) is 14.5 Å². The Kier molecular flexibility index (Phi) is 14.7. The number of phosphoric acid groups is 1. The monoisotopic (exact) mass is 994 g/mol. The lowest BCUT2D eigenvalue weighted by atomic mass is 9.92. The lowest BCUT2D eigenvalue weighted by Gasteiger charge is -2.29. The van der Waals surface area contributed by atoms with Crippen LogP contribution in [0.4, 0.5) is 23.5 Å². The van der Waals surface area contributed by atoms with Crippen molar-refractivity contribution in [3.8, 4) is 11.5 Å². The third-order valence-corrected chi connectivity index (χ3v) is 15.9. The van der Waals surface area contributed by atoms with E-state index in [0.29, 0.717) is 98.3 Å². The van der Waals surface area contributed by atoms with Crippen molar-refractivity contribution in [2.75, 3.05) is 67.4 Å². The number of aromatic nitrogens is 4. The smallest absolute Gasteiger partial charge is 0.469 e. The van der Waals surface area contributed by atoms with Crippen LogP contribution in [0.15, 0.2) is 48.8 Å². The molecule has 71 heavy (non-hydrogen) atoms. The molecule has 4 heterocycles. The van der Waals surface area contributed by atoms with E-state index in [0.717, 1.165) is 97.5 Å². The summed E-state index contributed by atoms with van der Waals surface area (Å²) >= 11 is 0. The molecule has 20 heteroatoms. The third kappa shape index (κ3) is 12.2. The fourth-order valence-electron chi connectivity index (χ4n) is 11.1. The average Bonchev–Trinajstić information content (AvgIpc) is 4.20. The lowest BCUT2D eigenvalue weighted by Crippen LogP contribution is -2.39. The van der Waals surface area contributed by atoms with Crippen molar-refractivity contribution in [2.24, 2.45) is 23.7 Å². The maximum absolute atomic E-state index is 13.9. The van der Waals surface area contributed by atoms with Crippen LogP contribution in [0.3, 0.4) is 0 Å². The van der Waals surface area contributed by atoms with Gasteiger partial charge in [-0.05, 0) is 136 Å². The Balaban J connectivity index is 0.723. The minimum Gasteiger partial charge on any atom is -0.496 e. The van der Waals surface area contributed by atoms with Gasteiger partial charge in [-0.1, -0.05) is 24.3 Å². The quantitative estimate of drug-likeness (QED) is 0.0543. The van der Waals surface area contributed by atoms with Gasteiger partial charge >= 0.3 is 7.82 Å². The summed E-state index contributed by atoms with van der Waals surface area (Å²) in [6.45, 7) is 7.16. The van der Waals surface area contributed by atoms with Crippen LogP contribution in [0.25, 0.3) is 0 Å². The number of anilines is 4. The fourth-order valence-corrected chi connectivity index (χ4v) is 11.7. The number of amides is 2. The van der Waals surface area contributed by atoms with E-state index < -0.39 is 13.9 Å². The number of hydrogen-bond donors (Lipinski definition) is 6. The molecular weight excluding hydrogens is 928 g/mol. The average molecular weight is 995 g/mol. The molecule has 2 saturated heterocycles. The van der Waals surface area contributed by atoms with Crippen LogP contribution in [-0.2, 0) is 33.3 Å². The number of phosphoric ester groups is 1. The van der Waals surface area contributed by atoms with E-state index >= 15 is 0 Å². The number of piperidine rings is 2. The standard InChI is InChI=1S/C51H67N10O9P/c1-30-18-31(4-14-44(30)67-2)22-52-46-42(24-54-50(58-46)60-26-34-20-35(34)27-60)48(62)56-38-6-10-40(11-7-38)69-17-16-33-19-32(5-15-45(33)68-3)23-53-47-43(25-55-51(59-47)61-28-36-21-37(36)29-61)49(63)57-39-8-12-41(13-9-39)70-71(64,65)66/h4-5,14-15,18-19,24-25,34-41H,6-13,16-17,20-23,26-29H2,1-3H3,(H,56,62)(H,57,63)(H,52,54,58)(H,53,55,59)(H2,64,65,66)/t34?,35?,36?,37?,38-,39-,40-,41-. The number of nitrogens with zero attached hydrogens (tertiary/aromatic N) is 6. The third-order valence-electron chi connectivity index (χ3n) is 15.3. The Hall–Kier alpha value is -5.59. The zero-order valence-corrected chi connectivity index (χ0v) is 41.7. The van der Waals surface area contributed by atoms with Crippen molar-refractivity contribution in [3.05, 3.63) is 82.2 Å². The molecule has 2 aromatic carbocycles. The molecule has 4 aromatic rings. The molecule has 4 atom stereocenters. The summed E-state index contributed by atoms with van der Waals surface area (Å²) in [5.41, 5.74) is 4.86. The van der Waals surface area contributed by atoms with Crippen molar-refractivity contribution in [2.45, 2.75) is 115 Å². The van der Waals surface area contributed by atoms with Crippen molar-refractivity contribution in [1.29, 1.82) is 0 Å². The zero-order chi connectivity index (χ0) is 49.2. The van der Waals surface area contributed by atoms with Gasteiger partial charge in [-0.3, -0.25) is 14.1 Å². The summed E-state index contributed by atoms with van der Waals surface area (Å²) in [4.78, 5) is 69.6. The number of carbonyl (C=O) groups excluding carboxylic acids is 2. The second-order valence-corrected chi connectivity index (χ2v) is 21.6. The Labute approximate surface area is 414 Å². The van der Waals surface area contributed by atoms with Gasteiger partial charge in [0, 0.05) is 63.7 Å². The van der Waals surface area contributed by atoms with Crippen LogP contribution >= 0.6 is 7.82 Å². The summed E-state index contributed by atoms with van der Waals surface area (Å²) in [6, 6.07) is 11.9. The number of nitrogens with one attached hydrogen (secondary N) is 4. The minimum atomic E-state index is -4.58. The van der Waals surface area contributed by atoms with Crippen molar-refractivity contribution >= 4 is 43.2 Å². The number of ether oxygens (including phenoxy) is 3. The van der Waals surface area contributed by atoms with E-state index in [9.17, 15) is 23.9 Å². The second-order valence-electron chi connectivity index (χ2n) is 20.5. The number of aryl methyl sites for hydroxylation is 1. The summed E-state index contributed by atoms with van der Waals surface area (Å²) in [5.74, 6) is 6.16. The van der Waals surface area contributed by atoms with Gasteiger partial charge in [0.15, 0.2) is 0 Å². The number of carbonyl (C=O) groups is 2. The topological polar surface area (TPSA) is 235 Å². The number of rotatable bonds is 20. The SMILES string of the molecule is COc1ccc(CNc2nc(N3CC4CC4C3)ncc2C(=O)N[C@H]2CC[C@H](OCCc3cc(CNc4nc(N5CC6CC6C5)ncc4C(=O)N[C@H]4CC[C@H](OP(=O)(O)O)CC4)ccc3OC)CC2)cc1C. The molecule has 10 rings (SSSR count). The van der Waals surface area contributed by atoms with Crippen molar-refractivity contribution in [1.82, 2.24) is 30.6 Å². The first-order chi connectivity index (χ1) is 34.3. The van der Waals surface area contributed by atoms with Gasteiger partial charge in [0.2, 0.25) is 11.9 Å². The molecule has 19 nitrogen and oxygen atoms in total. The first-order valence-corrected chi connectivity index (χ1v) is 26.9. The summed E-state index contributed by atoms with van der Waals surface area (Å²) < 4.78 is 33.9. The van der Waals surface area contributed by atoms with Crippen molar-refractivity contribution < 1.29 is 42.7 Å². The van der Waals surface area contributed by atoms with E-state index in [1.807, 2.05) is 31.2 Å². The van der Waals surface area contributed by atoms with Gasteiger partial charge < -0.3 is 55.1 Å². The first-order valence-electron chi connectivity index (χ1n) is 25.3. The highest BCUT2D eigenvalue weighted by Crippen LogP contribution is 2.47. The predicted molar refractivity (Wildman–Crippen MR) is 267 cm³/mol. The number of benzene rings is 2. The summed E-state index contributed by atoms with van der Waals surface area (Å²) in [5, 5.41) is 13.3. The molecule has 2 aliphatic heterocycles. The van der Waals surface area contributed by atoms with Gasteiger partial charge in [-0.15, -0.1) is 0 Å². The highest BCUT2D eigenvalue weighted by atomic mass is 31.2. The van der Waals surface area contributed by atoms with E-state index in [-0.39, 0.29) is 30.0 Å². The molecule has 4 unspecified atom stereocenters. The number of methoxy groups -OCH3 is 2. The Bertz CT molecular complexity index is 2600. The molecule has 0 spiro atoms. The summed E-state index contributed by atoms with van der Waals surface area (Å²) in [6.07, 6.45) is 11.1. The van der Waals surface area contributed by atoms with E-state index in [1.54, 1.807) is 26.6 Å². The van der Waals surface area contributed by atoms with Crippen LogP contribution in [0.2, 0.25) is 0 Å². The van der Waals surface area contributed by atoms with Crippen LogP contribution in [0, 0.1) is 30.6 Å². The first kappa shape index (κ1) is 49.0. The zero-order valence-electron chi connectivity index (χ0n) is 40.8. The van der Waals surface area contributed by atoms with E-state index in [2.05, 4.69) is 53.2 Å². The predicted octanol–water partition coefficient (Wildman–Crippen LogP) is 6.18. The summed E-state index contributed by atoms with van der Waals surface area (Å²) in [7, 11) is -1.25. The second kappa shape index (κ2) is 21.2. The molecule has 0 bridgehead atoms. The molecule has 380 valence electrons. The molecule has 2 amide bonds. The number of fused-ring (bicyclic) bond motifs is 2. The van der Waals surface area contributed by atoms with Gasteiger partial charge in [-0.2, -0.15) is 9.97 Å². The van der Waals surface area contributed by atoms with E-state index in [4.69, 9.17) is 28.7 Å². The van der Waals surface area contributed by atoms with Crippen LogP contribution in [0.1, 0.15) is 107 Å². The van der Waals surface area contributed by atoms with Crippen LogP contribution in [0.5, 0.6) is 11.5 Å². The molecule has 2 aromatic heterocycles. The Morgan fingerprint density at radius 3 is 1.63 bits per heavy atom. The lowest BCUT2D eigenvalue weighted by molar-refractivity contribution is 0.0239. The van der Waals surface area contributed by atoms with Gasteiger partial charge in [0.05, 0.1) is 33.0 Å². The van der Waals surface area contributed by atoms with Gasteiger partial charge in [0.1, 0.15) is 34.3 Å². The maximum atomic E-state index is 13.9. The Morgan fingerprint density at radius 2 is 1.15 bits per heavy atom. The largest absolute Gasteiger partial charge is 0.496 e. The highest BCUT2D eigenvalue weighted by Gasteiger charge is 2.47. The number of hydrogen-bond acceptors (Lipinski definition) is 15. The molecule has 6 N–H and O–H groups in total. The van der Waals surface area contributed by atoms with E-state index in [1.165, 1.54) is 12.8 Å². The van der Waals surface area contributed by atoms with Crippen LogP contribution < -0.4 is 40.5 Å². The molecule has 6 aliphatic rings. The maximum Gasteiger partial charge on any atom is 0.469 e. The van der Waals surface area contributed by atoms with Gasteiger partial charge in [0.25, 0.3) is 11.8 Å².